The molecule has 5 nitrogen and oxygen atoms in total. The lowest BCUT2D eigenvalue weighted by Gasteiger charge is -2.20. The summed E-state index contributed by atoms with van der Waals surface area (Å²) in [4.78, 5) is 16.0. The van der Waals surface area contributed by atoms with Crippen molar-refractivity contribution in [2.75, 3.05) is 29.9 Å². The Morgan fingerprint density at radius 1 is 1.00 bits per heavy atom. The Bertz CT molecular complexity index is 579. The third-order valence-corrected chi connectivity index (χ3v) is 3.41. The van der Waals surface area contributed by atoms with Gasteiger partial charge in [-0.3, -0.25) is 4.79 Å². The minimum absolute atomic E-state index is 0.167. The summed E-state index contributed by atoms with van der Waals surface area (Å²) in [6, 6.07) is 13.0. The zero-order valence-corrected chi connectivity index (χ0v) is 12.7. The lowest BCUT2D eigenvalue weighted by molar-refractivity contribution is 0.0987. The molecule has 2 rings (SSSR count). The van der Waals surface area contributed by atoms with Crippen LogP contribution in [0.1, 0.15) is 24.3 Å². The zero-order chi connectivity index (χ0) is 15.2. The van der Waals surface area contributed by atoms with Gasteiger partial charge in [0.25, 0.3) is 5.91 Å². The summed E-state index contributed by atoms with van der Waals surface area (Å²) in [7, 11) is 1.73. The van der Waals surface area contributed by atoms with Gasteiger partial charge < -0.3 is 9.80 Å². The van der Waals surface area contributed by atoms with Crippen LogP contribution in [-0.2, 0) is 0 Å². The highest BCUT2D eigenvalue weighted by atomic mass is 16.2. The van der Waals surface area contributed by atoms with Crippen molar-refractivity contribution in [1.29, 1.82) is 0 Å². The van der Waals surface area contributed by atoms with Crippen molar-refractivity contribution < 1.29 is 4.79 Å². The van der Waals surface area contributed by atoms with Gasteiger partial charge in [-0.25, -0.2) is 0 Å². The Hall–Kier alpha value is -2.43. The van der Waals surface area contributed by atoms with Crippen LogP contribution in [0.3, 0.4) is 0 Å². The van der Waals surface area contributed by atoms with E-state index in [1.807, 2.05) is 36.4 Å². The average molecular weight is 284 g/mol. The largest absolute Gasteiger partial charge is 0.356 e. The second-order valence-corrected chi connectivity index (χ2v) is 4.65. The molecule has 0 bridgehead atoms. The van der Waals surface area contributed by atoms with E-state index in [0.717, 1.165) is 24.6 Å². The fourth-order valence-electron chi connectivity index (χ4n) is 2.10. The van der Waals surface area contributed by atoms with Gasteiger partial charge >= 0.3 is 0 Å². The van der Waals surface area contributed by atoms with E-state index in [-0.39, 0.29) is 5.91 Å². The summed E-state index contributed by atoms with van der Waals surface area (Å²) >= 11 is 0. The second-order valence-electron chi connectivity index (χ2n) is 4.65. The highest BCUT2D eigenvalue weighted by Gasteiger charge is 2.15. The molecule has 21 heavy (non-hydrogen) atoms. The second kappa shape index (κ2) is 6.83. The van der Waals surface area contributed by atoms with Crippen LogP contribution >= 0.6 is 0 Å². The molecule has 0 unspecified atom stereocenters. The molecule has 0 aliphatic heterocycles. The first-order valence-electron chi connectivity index (χ1n) is 7.09. The molecule has 0 saturated heterocycles. The summed E-state index contributed by atoms with van der Waals surface area (Å²) in [6.07, 6.45) is 0. The van der Waals surface area contributed by atoms with Gasteiger partial charge in [-0.15, -0.1) is 10.2 Å². The summed E-state index contributed by atoms with van der Waals surface area (Å²) in [6.45, 7) is 5.85. The number of amides is 1. The maximum atomic E-state index is 12.4. The number of hydrogen-bond donors (Lipinski definition) is 0. The number of nitrogens with zero attached hydrogens (tertiary/aromatic N) is 4. The van der Waals surface area contributed by atoms with Crippen LogP contribution in [0.15, 0.2) is 42.5 Å². The minimum Gasteiger partial charge on any atom is -0.356 e. The predicted molar refractivity (Wildman–Crippen MR) is 84.8 cm³/mol. The molecule has 0 spiro atoms. The van der Waals surface area contributed by atoms with Crippen LogP contribution in [0.25, 0.3) is 0 Å². The van der Waals surface area contributed by atoms with Gasteiger partial charge in [0.2, 0.25) is 0 Å². The number of anilines is 2. The molecule has 1 heterocycles. The third kappa shape index (κ3) is 3.37. The monoisotopic (exact) mass is 284 g/mol. The maximum absolute atomic E-state index is 12.4. The van der Waals surface area contributed by atoms with E-state index in [0.29, 0.717) is 5.69 Å². The highest BCUT2D eigenvalue weighted by molar-refractivity contribution is 6.04. The number of hydrogen-bond acceptors (Lipinski definition) is 4. The van der Waals surface area contributed by atoms with E-state index in [1.165, 1.54) is 0 Å². The maximum Gasteiger partial charge on any atom is 0.278 e. The molecule has 0 atom stereocenters. The minimum atomic E-state index is -0.167. The van der Waals surface area contributed by atoms with Crippen LogP contribution in [0.5, 0.6) is 0 Å². The van der Waals surface area contributed by atoms with Crippen LogP contribution in [0.2, 0.25) is 0 Å². The van der Waals surface area contributed by atoms with Gasteiger partial charge in [0.05, 0.1) is 0 Å². The average Bonchev–Trinajstić information content (AvgIpc) is 2.56. The van der Waals surface area contributed by atoms with Gasteiger partial charge in [0.15, 0.2) is 11.5 Å². The Kier molecular flexibility index (Phi) is 4.87. The number of benzene rings is 1. The summed E-state index contributed by atoms with van der Waals surface area (Å²) in [5.41, 5.74) is 1.18. The van der Waals surface area contributed by atoms with Crippen molar-refractivity contribution in [3.05, 3.63) is 48.2 Å². The molecule has 1 aromatic heterocycles. The van der Waals surface area contributed by atoms with Gasteiger partial charge in [-0.2, -0.15) is 0 Å². The first-order chi connectivity index (χ1) is 10.2. The van der Waals surface area contributed by atoms with Crippen molar-refractivity contribution in [1.82, 2.24) is 10.2 Å². The van der Waals surface area contributed by atoms with Crippen molar-refractivity contribution in [3.8, 4) is 0 Å². The SMILES string of the molecule is CCN(CC)c1ccc(C(=O)N(C)c2ccccc2)nn1. The van der Waals surface area contributed by atoms with Gasteiger partial charge in [0.1, 0.15) is 0 Å². The van der Waals surface area contributed by atoms with Crippen LogP contribution in [0, 0.1) is 0 Å². The molecule has 0 saturated carbocycles. The number of carbonyl (C=O) groups excluding carboxylic acids is 1. The molecule has 0 aliphatic rings. The van der Waals surface area contributed by atoms with E-state index >= 15 is 0 Å². The lowest BCUT2D eigenvalue weighted by atomic mass is 10.2. The molecule has 2 aromatic rings. The molecule has 110 valence electrons. The summed E-state index contributed by atoms with van der Waals surface area (Å²) in [5, 5.41) is 8.21. The predicted octanol–water partition coefficient (Wildman–Crippen LogP) is 2.60. The molecular weight excluding hydrogens is 264 g/mol. The van der Waals surface area contributed by atoms with Crippen molar-refractivity contribution in [2.45, 2.75) is 13.8 Å². The number of carbonyl (C=O) groups is 1. The van der Waals surface area contributed by atoms with E-state index < -0.39 is 0 Å². The number of rotatable bonds is 5. The normalized spacial score (nSPS) is 10.2. The zero-order valence-electron chi connectivity index (χ0n) is 12.7. The first-order valence-corrected chi connectivity index (χ1v) is 7.09. The van der Waals surface area contributed by atoms with E-state index in [1.54, 1.807) is 18.0 Å². The molecule has 0 radical (unpaired) electrons. The van der Waals surface area contributed by atoms with Crippen molar-refractivity contribution in [2.24, 2.45) is 0 Å². The molecule has 1 amide bonds. The van der Waals surface area contributed by atoms with E-state index in [4.69, 9.17) is 0 Å². The van der Waals surface area contributed by atoms with Gasteiger partial charge in [-0.05, 0) is 38.1 Å². The van der Waals surface area contributed by atoms with Gasteiger partial charge in [-0.1, -0.05) is 18.2 Å². The molecule has 0 aliphatic carbocycles. The Balaban J connectivity index is 2.17. The van der Waals surface area contributed by atoms with Crippen LogP contribution in [-0.4, -0.2) is 36.2 Å². The van der Waals surface area contributed by atoms with Gasteiger partial charge in [0, 0.05) is 25.8 Å². The Morgan fingerprint density at radius 3 is 2.19 bits per heavy atom. The first kappa shape index (κ1) is 15.0. The number of aromatic nitrogens is 2. The summed E-state index contributed by atoms with van der Waals surface area (Å²) < 4.78 is 0. The summed E-state index contributed by atoms with van der Waals surface area (Å²) in [5.74, 6) is 0.624. The van der Waals surface area contributed by atoms with Crippen molar-refractivity contribution >= 4 is 17.4 Å². The fourth-order valence-corrected chi connectivity index (χ4v) is 2.10. The Morgan fingerprint density at radius 2 is 1.67 bits per heavy atom. The fraction of sp³-hybridized carbons (Fsp3) is 0.312. The van der Waals surface area contributed by atoms with Crippen molar-refractivity contribution in [3.63, 3.8) is 0 Å². The van der Waals surface area contributed by atoms with E-state index in [9.17, 15) is 4.79 Å². The third-order valence-electron chi connectivity index (χ3n) is 3.41. The topological polar surface area (TPSA) is 49.3 Å². The molecular formula is C16H20N4O. The lowest BCUT2D eigenvalue weighted by Crippen LogP contribution is -2.28. The smallest absolute Gasteiger partial charge is 0.278 e. The van der Waals surface area contributed by atoms with Crippen LogP contribution in [0.4, 0.5) is 11.5 Å². The van der Waals surface area contributed by atoms with E-state index in [2.05, 4.69) is 28.9 Å². The molecule has 0 fully saturated rings. The number of para-hydroxylation sites is 1. The molecule has 0 N–H and O–H groups in total. The standard InChI is InChI=1S/C16H20N4O/c1-4-20(5-2)15-12-11-14(17-18-15)16(21)19(3)13-9-7-6-8-10-13/h6-12H,4-5H2,1-3H3. The van der Waals surface area contributed by atoms with Crippen LogP contribution < -0.4 is 9.80 Å². The quantitative estimate of drug-likeness (QED) is 0.847. The molecule has 1 aromatic carbocycles. The highest BCUT2D eigenvalue weighted by Crippen LogP contribution is 2.15. The molecule has 5 heteroatoms. The Labute approximate surface area is 125 Å².